The van der Waals surface area contributed by atoms with Crippen LogP contribution < -0.4 is 0 Å². The van der Waals surface area contributed by atoms with Gasteiger partial charge in [-0.3, -0.25) is 4.98 Å². The average molecular weight is 206 g/mol. The van der Waals surface area contributed by atoms with Crippen molar-refractivity contribution in [2.24, 2.45) is 0 Å². The Labute approximate surface area is 90.5 Å². The van der Waals surface area contributed by atoms with Crippen molar-refractivity contribution in [3.8, 4) is 0 Å². The number of carbonyl (C=O) groups excluding carboxylic acids is 1. The highest BCUT2D eigenvalue weighted by atomic mass is 16.5. The molecule has 0 atom stereocenters. The van der Waals surface area contributed by atoms with Gasteiger partial charge >= 0.3 is 6.47 Å². The van der Waals surface area contributed by atoms with E-state index >= 15 is 0 Å². The molecule has 3 nitrogen and oxygen atoms in total. The fourth-order valence-electron chi connectivity index (χ4n) is 1.42. The average Bonchev–Trinajstić information content (AvgIpc) is 2.29. The first-order valence-corrected chi connectivity index (χ1v) is 5.32. The molecular formula is C12H16NO2. The Bertz CT molecular complexity index is 262. The Balaban J connectivity index is 1.95. The van der Waals surface area contributed by atoms with Gasteiger partial charge in [-0.05, 0) is 31.4 Å². The number of hydrogen-bond donors (Lipinski definition) is 0. The topological polar surface area (TPSA) is 39.2 Å². The number of ether oxygens (including phenoxy) is 1. The lowest BCUT2D eigenvalue weighted by molar-refractivity contribution is 0.269. The maximum atomic E-state index is 9.72. The summed E-state index contributed by atoms with van der Waals surface area (Å²) in [4.78, 5) is 14.0. The molecule has 0 saturated carbocycles. The largest absolute Gasteiger partial charge is 0.457 e. The number of pyridine rings is 1. The van der Waals surface area contributed by atoms with Crippen molar-refractivity contribution >= 4 is 6.47 Å². The molecule has 0 aliphatic rings. The molecule has 81 valence electrons. The Kier molecular flexibility index (Phi) is 6.21. The van der Waals surface area contributed by atoms with Crippen LogP contribution in [0.2, 0.25) is 0 Å². The van der Waals surface area contributed by atoms with Crippen molar-refractivity contribution in [1.82, 2.24) is 4.98 Å². The first kappa shape index (κ1) is 11.7. The van der Waals surface area contributed by atoms with Crippen LogP contribution in [0, 0.1) is 0 Å². The molecule has 0 saturated heterocycles. The van der Waals surface area contributed by atoms with E-state index in [0.717, 1.165) is 37.8 Å². The van der Waals surface area contributed by atoms with Crippen LogP contribution in [0.3, 0.4) is 0 Å². The van der Waals surface area contributed by atoms with Gasteiger partial charge in [0.25, 0.3) is 0 Å². The van der Waals surface area contributed by atoms with Crippen LogP contribution in [0.4, 0.5) is 0 Å². The molecule has 0 aliphatic carbocycles. The van der Waals surface area contributed by atoms with Crippen LogP contribution in [0.15, 0.2) is 24.4 Å². The van der Waals surface area contributed by atoms with E-state index in [1.165, 1.54) is 6.47 Å². The van der Waals surface area contributed by atoms with Crippen molar-refractivity contribution in [1.29, 1.82) is 0 Å². The van der Waals surface area contributed by atoms with Crippen LogP contribution in [-0.2, 0) is 16.0 Å². The Hall–Kier alpha value is -1.38. The Morgan fingerprint density at radius 2 is 2.07 bits per heavy atom. The van der Waals surface area contributed by atoms with Crippen LogP contribution in [0.1, 0.15) is 31.4 Å². The lowest BCUT2D eigenvalue weighted by Gasteiger charge is -2.00. The highest BCUT2D eigenvalue weighted by molar-refractivity contribution is 5.37. The van der Waals surface area contributed by atoms with Gasteiger partial charge in [0.1, 0.15) is 0 Å². The maximum Gasteiger partial charge on any atom is 0.417 e. The summed E-state index contributed by atoms with van der Waals surface area (Å²) in [5.74, 6) is 0. The van der Waals surface area contributed by atoms with Crippen molar-refractivity contribution < 1.29 is 9.53 Å². The molecule has 1 aromatic rings. The molecule has 1 rings (SSSR count). The van der Waals surface area contributed by atoms with Gasteiger partial charge in [0, 0.05) is 11.9 Å². The second-order valence-corrected chi connectivity index (χ2v) is 3.42. The van der Waals surface area contributed by atoms with Gasteiger partial charge in [0.05, 0.1) is 6.61 Å². The summed E-state index contributed by atoms with van der Waals surface area (Å²) >= 11 is 0. The minimum Gasteiger partial charge on any atom is -0.457 e. The van der Waals surface area contributed by atoms with Gasteiger partial charge in [-0.15, -0.1) is 0 Å². The molecule has 0 aromatic carbocycles. The summed E-state index contributed by atoms with van der Waals surface area (Å²) < 4.78 is 4.48. The van der Waals surface area contributed by atoms with E-state index in [4.69, 9.17) is 0 Å². The number of hydrogen-bond acceptors (Lipinski definition) is 3. The third-order valence-corrected chi connectivity index (χ3v) is 2.21. The standard InChI is InChI=1S/C12H16NO2/c14-11-15-10-6-2-1-3-7-12-8-4-5-9-13-12/h4-5,8-9H,1-3,6-7,10H2. The molecule has 0 unspecified atom stereocenters. The lowest BCUT2D eigenvalue weighted by atomic mass is 10.1. The number of unbranched alkanes of at least 4 members (excludes halogenated alkanes) is 3. The van der Waals surface area contributed by atoms with Gasteiger partial charge in [0.2, 0.25) is 0 Å². The molecule has 1 heterocycles. The highest BCUT2D eigenvalue weighted by Gasteiger charge is 1.94. The normalized spacial score (nSPS) is 9.87. The van der Waals surface area contributed by atoms with Gasteiger partial charge in [0.15, 0.2) is 0 Å². The van der Waals surface area contributed by atoms with E-state index in [-0.39, 0.29) is 0 Å². The molecule has 1 aromatic heterocycles. The van der Waals surface area contributed by atoms with Gasteiger partial charge in [-0.1, -0.05) is 18.9 Å². The number of aromatic nitrogens is 1. The summed E-state index contributed by atoms with van der Waals surface area (Å²) in [5, 5.41) is 0. The zero-order valence-corrected chi connectivity index (χ0v) is 8.82. The van der Waals surface area contributed by atoms with Crippen LogP contribution >= 0.6 is 0 Å². The van der Waals surface area contributed by atoms with Crippen molar-refractivity contribution in [3.63, 3.8) is 0 Å². The molecule has 15 heavy (non-hydrogen) atoms. The molecule has 1 radical (unpaired) electrons. The Morgan fingerprint density at radius 3 is 2.80 bits per heavy atom. The maximum absolute atomic E-state index is 9.72. The lowest BCUT2D eigenvalue weighted by Crippen LogP contribution is -1.93. The minimum absolute atomic E-state index is 0.493. The van der Waals surface area contributed by atoms with Crippen LogP contribution in [-0.4, -0.2) is 18.1 Å². The van der Waals surface area contributed by atoms with Gasteiger partial charge < -0.3 is 4.74 Å². The van der Waals surface area contributed by atoms with Gasteiger partial charge in [-0.2, -0.15) is 0 Å². The summed E-state index contributed by atoms with van der Waals surface area (Å²) in [5.41, 5.74) is 1.15. The second-order valence-electron chi connectivity index (χ2n) is 3.42. The van der Waals surface area contributed by atoms with E-state index < -0.39 is 0 Å². The monoisotopic (exact) mass is 206 g/mol. The van der Waals surface area contributed by atoms with Crippen molar-refractivity contribution in [2.75, 3.05) is 6.61 Å². The van der Waals surface area contributed by atoms with E-state index in [1.54, 1.807) is 0 Å². The van der Waals surface area contributed by atoms with E-state index in [2.05, 4.69) is 9.72 Å². The predicted octanol–water partition coefficient (Wildman–Crippen LogP) is 2.27. The smallest absolute Gasteiger partial charge is 0.417 e. The first-order valence-electron chi connectivity index (χ1n) is 5.32. The summed E-state index contributed by atoms with van der Waals surface area (Å²) in [6, 6.07) is 5.98. The summed E-state index contributed by atoms with van der Waals surface area (Å²) in [6.07, 6.45) is 7.16. The molecule has 0 N–H and O–H groups in total. The quantitative estimate of drug-likeness (QED) is 0.612. The third kappa shape index (κ3) is 5.83. The molecule has 0 aliphatic heterocycles. The summed E-state index contributed by atoms with van der Waals surface area (Å²) in [6.45, 7) is 1.92. The number of rotatable bonds is 8. The summed E-state index contributed by atoms with van der Waals surface area (Å²) in [7, 11) is 0. The zero-order chi connectivity index (χ0) is 10.8. The predicted molar refractivity (Wildman–Crippen MR) is 58.1 cm³/mol. The highest BCUT2D eigenvalue weighted by Crippen LogP contribution is 2.05. The van der Waals surface area contributed by atoms with Gasteiger partial charge in [-0.25, -0.2) is 4.79 Å². The zero-order valence-electron chi connectivity index (χ0n) is 8.82. The first-order chi connectivity index (χ1) is 7.43. The molecule has 0 fully saturated rings. The third-order valence-electron chi connectivity index (χ3n) is 2.21. The van der Waals surface area contributed by atoms with Crippen LogP contribution in [0.25, 0.3) is 0 Å². The Morgan fingerprint density at radius 1 is 1.20 bits per heavy atom. The van der Waals surface area contributed by atoms with E-state index in [0.29, 0.717) is 6.61 Å². The van der Waals surface area contributed by atoms with E-state index in [9.17, 15) is 4.79 Å². The molecule has 0 spiro atoms. The molecule has 0 bridgehead atoms. The van der Waals surface area contributed by atoms with Crippen molar-refractivity contribution in [2.45, 2.75) is 32.1 Å². The van der Waals surface area contributed by atoms with E-state index in [1.807, 2.05) is 24.4 Å². The SMILES string of the molecule is O=[C]OCCCCCCc1ccccn1. The molecule has 3 heteroatoms. The van der Waals surface area contributed by atoms with Crippen molar-refractivity contribution in [3.05, 3.63) is 30.1 Å². The number of aryl methyl sites for hydroxylation is 1. The fourth-order valence-corrected chi connectivity index (χ4v) is 1.42. The van der Waals surface area contributed by atoms with Crippen LogP contribution in [0.5, 0.6) is 0 Å². The molecule has 0 amide bonds. The molecular weight excluding hydrogens is 190 g/mol. The fraction of sp³-hybridized carbons (Fsp3) is 0.500. The minimum atomic E-state index is 0.493. The second kappa shape index (κ2) is 7.97. The number of nitrogens with zero attached hydrogens (tertiary/aromatic N) is 1.